The lowest BCUT2D eigenvalue weighted by Gasteiger charge is -2.13. The lowest BCUT2D eigenvalue weighted by Crippen LogP contribution is -2.06. The van der Waals surface area contributed by atoms with Gasteiger partial charge in [-0.1, -0.05) is 23.2 Å². The molecule has 9 heteroatoms. The van der Waals surface area contributed by atoms with Gasteiger partial charge < -0.3 is 14.6 Å². The minimum atomic E-state index is -0.430. The van der Waals surface area contributed by atoms with E-state index in [0.717, 1.165) is 11.3 Å². The van der Waals surface area contributed by atoms with Gasteiger partial charge in [0.05, 0.1) is 16.3 Å². The van der Waals surface area contributed by atoms with Gasteiger partial charge in [0.15, 0.2) is 11.5 Å². The molecule has 0 amide bonds. The molecule has 35 heavy (non-hydrogen) atoms. The number of benzene rings is 3. The molecule has 0 aliphatic carbocycles. The van der Waals surface area contributed by atoms with Crippen LogP contribution in [0.1, 0.15) is 31.9 Å². The van der Waals surface area contributed by atoms with Gasteiger partial charge in [0.2, 0.25) is 5.78 Å². The number of hydrogen-bond acceptors (Lipinski definition) is 6. The van der Waals surface area contributed by atoms with E-state index in [1.54, 1.807) is 32.0 Å². The van der Waals surface area contributed by atoms with Crippen LogP contribution in [0.3, 0.4) is 0 Å². The van der Waals surface area contributed by atoms with Gasteiger partial charge in [-0.25, -0.2) is 4.39 Å². The summed E-state index contributed by atoms with van der Waals surface area (Å²) in [5, 5.41) is 10.9. The van der Waals surface area contributed by atoms with Crippen LogP contribution in [0.5, 0.6) is 17.2 Å². The number of ether oxygens (including phenoxy) is 2. The van der Waals surface area contributed by atoms with Crippen LogP contribution in [-0.2, 0) is 9.53 Å². The second kappa shape index (κ2) is 10.1. The minimum absolute atomic E-state index is 0.0307. The third-order valence-electron chi connectivity index (χ3n) is 5.18. The van der Waals surface area contributed by atoms with E-state index >= 15 is 0 Å². The van der Waals surface area contributed by atoms with Gasteiger partial charge in [0.25, 0.3) is 6.47 Å². The molecule has 0 saturated carbocycles. The summed E-state index contributed by atoms with van der Waals surface area (Å²) >= 11 is 14.0. The average molecular weight is 531 g/mol. The molecule has 1 heterocycles. The molecule has 4 aromatic rings. The zero-order chi connectivity index (χ0) is 25.3. The molecule has 0 aliphatic rings. The van der Waals surface area contributed by atoms with Gasteiger partial charge in [-0.15, -0.1) is 11.3 Å². The van der Waals surface area contributed by atoms with E-state index in [0.29, 0.717) is 32.3 Å². The Labute approximate surface area is 213 Å². The minimum Gasteiger partial charge on any atom is -0.508 e. The molecule has 3 aromatic carbocycles. The Morgan fingerprint density at radius 1 is 1.03 bits per heavy atom. The highest BCUT2D eigenvalue weighted by atomic mass is 35.5. The van der Waals surface area contributed by atoms with E-state index < -0.39 is 5.82 Å². The number of halogens is 3. The lowest BCUT2D eigenvalue weighted by molar-refractivity contribution is -0.123. The summed E-state index contributed by atoms with van der Waals surface area (Å²) in [6.45, 7) is 3.61. The number of phenols is 1. The maximum atomic E-state index is 13.9. The largest absolute Gasteiger partial charge is 0.508 e. The first kappa shape index (κ1) is 24.7. The molecule has 0 atom stereocenters. The molecule has 0 spiro atoms. The first-order valence-corrected chi connectivity index (χ1v) is 11.8. The van der Waals surface area contributed by atoms with Crippen LogP contribution in [0, 0.1) is 19.7 Å². The van der Waals surface area contributed by atoms with E-state index in [2.05, 4.69) is 4.74 Å². The van der Waals surface area contributed by atoms with E-state index in [4.69, 9.17) is 27.9 Å². The summed E-state index contributed by atoms with van der Waals surface area (Å²) in [5.74, 6) is -0.414. The first-order chi connectivity index (χ1) is 16.7. The maximum absolute atomic E-state index is 13.9. The Kier molecular flexibility index (Phi) is 7.12. The maximum Gasteiger partial charge on any atom is 0.297 e. The first-order valence-electron chi connectivity index (χ1n) is 10.2. The van der Waals surface area contributed by atoms with Crippen molar-refractivity contribution in [3.63, 3.8) is 0 Å². The fraction of sp³-hybridized carbons (Fsp3) is 0.0769. The van der Waals surface area contributed by atoms with Crippen LogP contribution in [0.25, 0.3) is 16.2 Å². The Morgan fingerprint density at radius 2 is 1.69 bits per heavy atom. The topological polar surface area (TPSA) is 72.8 Å². The summed E-state index contributed by atoms with van der Waals surface area (Å²) in [5.41, 5.74) is 1.90. The molecule has 5 nitrogen and oxygen atoms in total. The van der Waals surface area contributed by atoms with E-state index in [1.807, 2.05) is 0 Å². The molecular formula is C26H17Cl2FO5S. The molecule has 0 fully saturated rings. The third-order valence-corrected chi connectivity index (χ3v) is 6.87. The van der Waals surface area contributed by atoms with Crippen molar-refractivity contribution >= 4 is 63.0 Å². The Hall–Kier alpha value is -3.39. The van der Waals surface area contributed by atoms with Gasteiger partial charge in [0.1, 0.15) is 16.4 Å². The van der Waals surface area contributed by atoms with Crippen LogP contribution in [0.4, 0.5) is 4.39 Å². The van der Waals surface area contributed by atoms with Crippen molar-refractivity contribution in [2.24, 2.45) is 0 Å². The number of carbonyl (C=O) groups excluding carboxylic acids is 2. The Bertz CT molecular complexity index is 1460. The number of aryl methyl sites for hydroxylation is 2. The second-order valence-electron chi connectivity index (χ2n) is 7.64. The van der Waals surface area contributed by atoms with Crippen molar-refractivity contribution in [2.45, 2.75) is 13.8 Å². The molecule has 4 rings (SSSR count). The van der Waals surface area contributed by atoms with Gasteiger partial charge in [0, 0.05) is 15.6 Å². The quantitative estimate of drug-likeness (QED) is 0.149. The van der Waals surface area contributed by atoms with Crippen LogP contribution in [0.15, 0.2) is 48.7 Å². The normalized spacial score (nSPS) is 11.2. The summed E-state index contributed by atoms with van der Waals surface area (Å²) < 4.78 is 25.2. The summed E-state index contributed by atoms with van der Waals surface area (Å²) in [4.78, 5) is 24.2. The predicted molar refractivity (Wildman–Crippen MR) is 136 cm³/mol. The van der Waals surface area contributed by atoms with Crippen molar-refractivity contribution in [3.05, 3.63) is 91.7 Å². The molecule has 0 saturated heterocycles. The van der Waals surface area contributed by atoms with Crippen molar-refractivity contribution < 1.29 is 28.6 Å². The van der Waals surface area contributed by atoms with Crippen LogP contribution < -0.4 is 4.74 Å². The average Bonchev–Trinajstić information content (AvgIpc) is 3.13. The van der Waals surface area contributed by atoms with Crippen molar-refractivity contribution in [3.8, 4) is 17.2 Å². The fourth-order valence-corrected chi connectivity index (χ4v) is 5.41. The van der Waals surface area contributed by atoms with Gasteiger partial charge in [-0.3, -0.25) is 9.59 Å². The highest BCUT2D eigenvalue weighted by Crippen LogP contribution is 2.46. The SMILES string of the molecule is Cc1cc(F)cc(C)c1C(=O)c1sc2cc(O)ccc2c1Oc1c(Cl)cc(/C=C/OC=O)cc1Cl. The standard InChI is InChI=1S/C26H17Cl2FO5S/c1-13-7-16(29)8-14(2)22(13)23(32)26-24(18-4-3-17(31)11-21(18)35-26)34-25-19(27)9-15(10-20(25)28)5-6-33-12-30/h3-12,31H,1-2H3/b6-5+. The number of rotatable bonds is 7. The number of hydrogen-bond donors (Lipinski definition) is 1. The molecule has 0 radical (unpaired) electrons. The monoisotopic (exact) mass is 530 g/mol. The summed E-state index contributed by atoms with van der Waals surface area (Å²) in [6, 6.07) is 10.4. The van der Waals surface area contributed by atoms with Crippen molar-refractivity contribution in [2.75, 3.05) is 0 Å². The highest BCUT2D eigenvalue weighted by molar-refractivity contribution is 7.21. The van der Waals surface area contributed by atoms with E-state index in [1.165, 1.54) is 36.6 Å². The van der Waals surface area contributed by atoms with Crippen molar-refractivity contribution in [1.82, 2.24) is 0 Å². The van der Waals surface area contributed by atoms with Gasteiger partial charge >= 0.3 is 0 Å². The number of thiophene rings is 1. The van der Waals surface area contributed by atoms with Gasteiger partial charge in [-0.2, -0.15) is 0 Å². The number of aromatic hydroxyl groups is 1. The summed E-state index contributed by atoms with van der Waals surface area (Å²) in [6.07, 6.45) is 2.67. The molecular weight excluding hydrogens is 514 g/mol. The van der Waals surface area contributed by atoms with E-state index in [9.17, 15) is 19.1 Å². The van der Waals surface area contributed by atoms with Crippen LogP contribution >= 0.6 is 34.5 Å². The summed E-state index contributed by atoms with van der Waals surface area (Å²) in [7, 11) is 0. The third kappa shape index (κ3) is 5.03. The zero-order valence-corrected chi connectivity index (χ0v) is 20.7. The van der Waals surface area contributed by atoms with Crippen molar-refractivity contribution in [1.29, 1.82) is 0 Å². The fourth-order valence-electron chi connectivity index (χ4n) is 3.72. The molecule has 0 unspecified atom stereocenters. The Balaban J connectivity index is 1.85. The van der Waals surface area contributed by atoms with E-state index in [-0.39, 0.29) is 44.4 Å². The molecule has 0 aliphatic heterocycles. The molecule has 178 valence electrons. The second-order valence-corrected chi connectivity index (χ2v) is 9.50. The Morgan fingerprint density at radius 3 is 2.31 bits per heavy atom. The number of carbonyl (C=O) groups is 2. The molecule has 1 aromatic heterocycles. The van der Waals surface area contributed by atoms with Crippen LogP contribution in [0.2, 0.25) is 10.0 Å². The number of phenolic OH excluding ortho intramolecular Hbond substituents is 1. The predicted octanol–water partition coefficient (Wildman–Crippen LogP) is 7.84. The smallest absolute Gasteiger partial charge is 0.297 e. The highest BCUT2D eigenvalue weighted by Gasteiger charge is 2.26. The molecule has 0 bridgehead atoms. The number of fused-ring (bicyclic) bond motifs is 1. The lowest BCUT2D eigenvalue weighted by atomic mass is 9.97. The zero-order valence-electron chi connectivity index (χ0n) is 18.4. The number of ketones is 1. The van der Waals surface area contributed by atoms with Crippen LogP contribution in [-0.4, -0.2) is 17.4 Å². The van der Waals surface area contributed by atoms with Gasteiger partial charge in [-0.05, 0) is 79.1 Å². The molecule has 1 N–H and O–H groups in total.